The first-order valence-electron chi connectivity index (χ1n) is 13.6. The number of nitrogens with zero attached hydrogens (tertiary/aromatic N) is 1. The molecule has 6 rings (SSSR count). The van der Waals surface area contributed by atoms with Gasteiger partial charge >= 0.3 is 5.63 Å². The third kappa shape index (κ3) is 4.69. The predicted octanol–water partition coefficient (Wildman–Crippen LogP) is 5.53. The van der Waals surface area contributed by atoms with Crippen LogP contribution in [0.25, 0.3) is 21.7 Å². The number of ether oxygens (including phenoxy) is 1. The van der Waals surface area contributed by atoms with Gasteiger partial charge in [0.1, 0.15) is 17.9 Å². The zero-order chi connectivity index (χ0) is 26.3. The van der Waals surface area contributed by atoms with Crippen molar-refractivity contribution in [2.75, 3.05) is 13.1 Å². The summed E-state index contributed by atoms with van der Waals surface area (Å²) in [6, 6.07) is 19.9. The van der Waals surface area contributed by atoms with Crippen molar-refractivity contribution in [2.24, 2.45) is 5.92 Å². The molecule has 2 heterocycles. The molecule has 3 aromatic carbocycles. The van der Waals surface area contributed by atoms with E-state index in [0.717, 1.165) is 47.6 Å². The average Bonchev–Trinajstić information content (AvgIpc) is 2.93. The van der Waals surface area contributed by atoms with Gasteiger partial charge in [-0.05, 0) is 66.3 Å². The second kappa shape index (κ2) is 9.91. The lowest BCUT2D eigenvalue weighted by molar-refractivity contribution is -0.142. The Kier molecular flexibility index (Phi) is 6.44. The topological polar surface area (TPSA) is 80.0 Å². The van der Waals surface area contributed by atoms with Crippen molar-refractivity contribution in [1.29, 1.82) is 0 Å². The zero-order valence-electron chi connectivity index (χ0n) is 21.7. The lowest BCUT2D eigenvalue weighted by atomic mass is 9.71. The number of rotatable bonds is 5. The van der Waals surface area contributed by atoms with Gasteiger partial charge in [0, 0.05) is 30.5 Å². The van der Waals surface area contributed by atoms with Crippen molar-refractivity contribution in [2.45, 2.75) is 57.7 Å². The van der Waals surface area contributed by atoms with Crippen LogP contribution < -0.4 is 10.4 Å². The summed E-state index contributed by atoms with van der Waals surface area (Å²) in [5.41, 5.74) is 1.54. The fourth-order valence-electron chi connectivity index (χ4n) is 6.22. The van der Waals surface area contributed by atoms with Crippen molar-refractivity contribution < 1.29 is 19.1 Å². The second-order valence-electron chi connectivity index (χ2n) is 10.9. The Balaban J connectivity index is 1.17. The number of benzene rings is 3. The van der Waals surface area contributed by atoms with E-state index in [0.29, 0.717) is 43.0 Å². The Morgan fingerprint density at radius 1 is 1.08 bits per heavy atom. The minimum Gasteiger partial charge on any atom is -0.489 e. The highest BCUT2D eigenvalue weighted by molar-refractivity contribution is 5.85. The van der Waals surface area contributed by atoms with Crippen molar-refractivity contribution in [3.05, 3.63) is 87.8 Å². The highest BCUT2D eigenvalue weighted by Crippen LogP contribution is 2.40. The van der Waals surface area contributed by atoms with Crippen LogP contribution in [0.15, 0.2) is 69.9 Å². The van der Waals surface area contributed by atoms with Crippen molar-refractivity contribution in [3.63, 3.8) is 0 Å². The van der Waals surface area contributed by atoms with Gasteiger partial charge in [-0.3, -0.25) is 4.79 Å². The fourth-order valence-corrected chi connectivity index (χ4v) is 6.22. The maximum absolute atomic E-state index is 13.2. The zero-order valence-corrected chi connectivity index (χ0v) is 21.7. The average molecular weight is 512 g/mol. The van der Waals surface area contributed by atoms with Gasteiger partial charge < -0.3 is 19.2 Å². The molecule has 1 aliphatic heterocycles. The number of piperidine rings is 1. The number of fused-ring (bicyclic) bond motifs is 3. The van der Waals surface area contributed by atoms with E-state index in [-0.39, 0.29) is 18.2 Å². The highest BCUT2D eigenvalue weighted by atomic mass is 16.5. The molecule has 1 saturated heterocycles. The van der Waals surface area contributed by atoms with Crippen molar-refractivity contribution >= 4 is 27.6 Å². The van der Waals surface area contributed by atoms with E-state index < -0.39 is 11.2 Å². The number of carbonyl (C=O) groups is 1. The van der Waals surface area contributed by atoms with Gasteiger partial charge in [0.15, 0.2) is 0 Å². The quantitative estimate of drug-likeness (QED) is 0.357. The number of hydrogen-bond acceptors (Lipinski definition) is 5. The molecule has 1 N–H and O–H groups in total. The van der Waals surface area contributed by atoms with E-state index in [1.165, 1.54) is 5.39 Å². The number of hydrogen-bond donors (Lipinski definition) is 1. The molecule has 196 valence electrons. The minimum absolute atomic E-state index is 0.00940. The number of carbonyl (C=O) groups excluding carboxylic acids is 1. The van der Waals surface area contributed by atoms with Crippen LogP contribution in [0.4, 0.5) is 0 Å². The van der Waals surface area contributed by atoms with Crippen LogP contribution in [0.1, 0.15) is 48.8 Å². The molecule has 6 nitrogen and oxygen atoms in total. The molecule has 0 radical (unpaired) electrons. The fraction of sp³-hybridized carbons (Fsp3) is 0.375. The molecule has 0 unspecified atom stereocenters. The van der Waals surface area contributed by atoms with Gasteiger partial charge in [0.05, 0.1) is 17.6 Å². The molecule has 1 aromatic heterocycles. The first kappa shape index (κ1) is 24.7. The Labute approximate surface area is 221 Å². The van der Waals surface area contributed by atoms with E-state index >= 15 is 0 Å². The van der Waals surface area contributed by atoms with Crippen LogP contribution in [0, 0.1) is 12.8 Å². The summed E-state index contributed by atoms with van der Waals surface area (Å²) in [6.45, 7) is 3.36. The molecule has 2 aliphatic rings. The van der Waals surface area contributed by atoms with Crippen LogP contribution in [0.3, 0.4) is 0 Å². The van der Waals surface area contributed by atoms with E-state index in [1.54, 1.807) is 6.07 Å². The Morgan fingerprint density at radius 3 is 2.79 bits per heavy atom. The van der Waals surface area contributed by atoms with Crippen molar-refractivity contribution in [1.82, 2.24) is 4.90 Å². The first-order chi connectivity index (χ1) is 18.4. The number of aliphatic hydroxyl groups is 1. The van der Waals surface area contributed by atoms with E-state index in [9.17, 15) is 14.7 Å². The van der Waals surface area contributed by atoms with Crippen LogP contribution >= 0.6 is 0 Å². The predicted molar refractivity (Wildman–Crippen MR) is 147 cm³/mol. The first-order valence-corrected chi connectivity index (χ1v) is 13.6. The highest BCUT2D eigenvalue weighted by Gasteiger charge is 2.43. The Hall–Kier alpha value is -3.64. The molecule has 1 aliphatic carbocycles. The maximum atomic E-state index is 13.2. The molecule has 38 heavy (non-hydrogen) atoms. The third-order valence-corrected chi connectivity index (χ3v) is 8.59. The second-order valence-corrected chi connectivity index (χ2v) is 10.9. The summed E-state index contributed by atoms with van der Waals surface area (Å²) in [4.78, 5) is 28.0. The standard InChI is InChI=1S/C32H33NO5/c1-21-27-12-11-26(37-20-22-9-10-23-6-2-3-7-24(23)16-22)17-29(27)38-31(35)28(21)18-30(34)33-15-14-32(36)13-5-4-8-25(32)19-33/h2-3,6-7,9-12,16-17,25,36H,4-5,8,13-15,18-20H2,1H3/t25-,32-/m1/s1. The Morgan fingerprint density at radius 2 is 1.92 bits per heavy atom. The summed E-state index contributed by atoms with van der Waals surface area (Å²) in [7, 11) is 0. The number of likely N-dealkylation sites (tertiary alicyclic amines) is 1. The van der Waals surface area contributed by atoms with Gasteiger partial charge in [-0.25, -0.2) is 4.79 Å². The smallest absolute Gasteiger partial charge is 0.340 e. The summed E-state index contributed by atoms with van der Waals surface area (Å²) in [5, 5.41) is 14.1. The maximum Gasteiger partial charge on any atom is 0.340 e. The monoisotopic (exact) mass is 511 g/mol. The molecule has 4 aromatic rings. The van der Waals surface area contributed by atoms with Crippen LogP contribution in [-0.2, 0) is 17.8 Å². The molecule has 6 heteroatoms. The SMILES string of the molecule is Cc1c(CC(=O)N2CC[C@]3(O)CCCC[C@@H]3C2)c(=O)oc2cc(OCc3ccc4ccccc4c3)ccc12. The lowest BCUT2D eigenvalue weighted by Crippen LogP contribution is -2.55. The van der Waals surface area contributed by atoms with E-state index in [1.807, 2.05) is 42.2 Å². The summed E-state index contributed by atoms with van der Waals surface area (Å²) in [5.74, 6) is 0.657. The Bertz CT molecular complexity index is 1570. The summed E-state index contributed by atoms with van der Waals surface area (Å²) < 4.78 is 11.7. The molecule has 1 saturated carbocycles. The third-order valence-electron chi connectivity index (χ3n) is 8.59. The molecular weight excluding hydrogens is 478 g/mol. The van der Waals surface area contributed by atoms with Gasteiger partial charge in [-0.1, -0.05) is 49.2 Å². The van der Waals surface area contributed by atoms with Crippen LogP contribution in [-0.4, -0.2) is 34.6 Å². The minimum atomic E-state index is -0.638. The lowest BCUT2D eigenvalue weighted by Gasteiger charge is -2.47. The van der Waals surface area contributed by atoms with E-state index in [4.69, 9.17) is 9.15 Å². The summed E-state index contributed by atoms with van der Waals surface area (Å²) in [6.07, 6.45) is 4.53. The van der Waals surface area contributed by atoms with Crippen LogP contribution in [0.5, 0.6) is 5.75 Å². The number of aryl methyl sites for hydroxylation is 1. The van der Waals surface area contributed by atoms with Gasteiger partial charge in [-0.15, -0.1) is 0 Å². The van der Waals surface area contributed by atoms with E-state index in [2.05, 4.69) is 24.3 Å². The number of amides is 1. The normalized spacial score (nSPS) is 21.4. The van der Waals surface area contributed by atoms with Gasteiger partial charge in [0.2, 0.25) is 5.91 Å². The molecule has 1 amide bonds. The molecular formula is C32H33NO5. The molecule has 0 spiro atoms. The van der Waals surface area contributed by atoms with Gasteiger partial charge in [-0.2, -0.15) is 0 Å². The van der Waals surface area contributed by atoms with Gasteiger partial charge in [0.25, 0.3) is 0 Å². The molecule has 2 atom stereocenters. The summed E-state index contributed by atoms with van der Waals surface area (Å²) >= 11 is 0. The largest absolute Gasteiger partial charge is 0.489 e. The van der Waals surface area contributed by atoms with Crippen LogP contribution in [0.2, 0.25) is 0 Å². The molecule has 2 fully saturated rings. The van der Waals surface area contributed by atoms with Crippen molar-refractivity contribution in [3.8, 4) is 5.75 Å². The molecule has 0 bridgehead atoms.